The summed E-state index contributed by atoms with van der Waals surface area (Å²) in [7, 11) is 0. The highest BCUT2D eigenvalue weighted by Crippen LogP contribution is 2.36. The van der Waals surface area contributed by atoms with E-state index >= 15 is 0 Å². The Morgan fingerprint density at radius 2 is 1.95 bits per heavy atom. The Morgan fingerprint density at radius 1 is 1.30 bits per heavy atom. The van der Waals surface area contributed by atoms with Crippen LogP contribution in [0, 0.1) is 0 Å². The monoisotopic (exact) mass is 325 g/mol. The Labute approximate surface area is 119 Å². The molecule has 4 nitrogen and oxygen atoms in total. The molecule has 2 rings (SSSR count). The molecule has 0 unspecified atom stereocenters. The zero-order chi connectivity index (χ0) is 15.1. The van der Waals surface area contributed by atoms with Crippen LogP contribution >= 0.6 is 23.2 Å². The molecule has 106 valence electrons. The number of hydrogen-bond acceptors (Lipinski definition) is 3. The van der Waals surface area contributed by atoms with Crippen molar-refractivity contribution in [3.8, 4) is 11.5 Å². The Bertz CT molecular complexity index is 682. The lowest BCUT2D eigenvalue weighted by Crippen LogP contribution is -2.11. The SMILES string of the molecule is O=C(O)c1oc(-c2cc(Cl)ccc2Cl)nc1C(F)(F)F. The maximum atomic E-state index is 12.7. The van der Waals surface area contributed by atoms with E-state index in [0.717, 1.165) is 0 Å². The first-order valence-electron chi connectivity index (χ1n) is 4.97. The molecule has 1 aromatic carbocycles. The summed E-state index contributed by atoms with van der Waals surface area (Å²) in [4.78, 5) is 13.9. The number of carboxylic acids is 1. The molecule has 0 bridgehead atoms. The second-order valence-corrected chi connectivity index (χ2v) is 4.47. The maximum absolute atomic E-state index is 12.7. The zero-order valence-electron chi connectivity index (χ0n) is 9.33. The van der Waals surface area contributed by atoms with Crippen LogP contribution in [0.3, 0.4) is 0 Å². The van der Waals surface area contributed by atoms with Gasteiger partial charge in [0.2, 0.25) is 11.7 Å². The van der Waals surface area contributed by atoms with Gasteiger partial charge >= 0.3 is 12.1 Å². The number of carboxylic acid groups (broad SMARTS) is 1. The van der Waals surface area contributed by atoms with Crippen LogP contribution in [-0.2, 0) is 6.18 Å². The van der Waals surface area contributed by atoms with Crippen molar-refractivity contribution in [2.45, 2.75) is 6.18 Å². The number of aromatic carboxylic acids is 1. The molecule has 2 aromatic rings. The lowest BCUT2D eigenvalue weighted by Gasteiger charge is -2.01. The van der Waals surface area contributed by atoms with Crippen molar-refractivity contribution >= 4 is 29.2 Å². The van der Waals surface area contributed by atoms with E-state index in [9.17, 15) is 18.0 Å². The highest BCUT2D eigenvalue weighted by molar-refractivity contribution is 6.35. The third-order valence-electron chi connectivity index (χ3n) is 2.25. The molecule has 0 aliphatic heterocycles. The largest absolute Gasteiger partial charge is 0.475 e. The average molecular weight is 326 g/mol. The van der Waals surface area contributed by atoms with Gasteiger partial charge < -0.3 is 9.52 Å². The van der Waals surface area contributed by atoms with E-state index in [1.165, 1.54) is 18.2 Å². The maximum Gasteiger partial charge on any atom is 0.437 e. The van der Waals surface area contributed by atoms with Gasteiger partial charge in [0.05, 0.1) is 10.6 Å². The van der Waals surface area contributed by atoms with Crippen molar-refractivity contribution in [2.24, 2.45) is 0 Å². The topological polar surface area (TPSA) is 63.3 Å². The molecule has 9 heteroatoms. The minimum Gasteiger partial charge on any atom is -0.475 e. The van der Waals surface area contributed by atoms with Crippen molar-refractivity contribution in [3.05, 3.63) is 39.7 Å². The number of rotatable bonds is 2. The standard InChI is InChI=1S/C11H4Cl2F3NO3/c12-4-1-2-6(13)5(3-4)9-17-8(11(14,15)16)7(20-9)10(18)19/h1-3H,(H,18,19). The highest BCUT2D eigenvalue weighted by atomic mass is 35.5. The molecule has 1 N–H and O–H groups in total. The fourth-order valence-electron chi connectivity index (χ4n) is 1.43. The van der Waals surface area contributed by atoms with E-state index in [4.69, 9.17) is 28.3 Å². The fraction of sp³-hybridized carbons (Fsp3) is 0.0909. The molecule has 0 aliphatic carbocycles. The van der Waals surface area contributed by atoms with E-state index in [1.807, 2.05) is 0 Å². The van der Waals surface area contributed by atoms with Crippen LogP contribution in [-0.4, -0.2) is 16.1 Å². The number of alkyl halides is 3. The number of halogens is 5. The van der Waals surface area contributed by atoms with Crippen molar-refractivity contribution in [1.82, 2.24) is 4.98 Å². The predicted octanol–water partition coefficient (Wildman–Crippen LogP) is 4.37. The molecule has 0 saturated carbocycles. The van der Waals surface area contributed by atoms with Gasteiger partial charge in [0, 0.05) is 5.02 Å². The molecule has 0 saturated heterocycles. The van der Waals surface area contributed by atoms with Gasteiger partial charge in [-0.3, -0.25) is 0 Å². The Morgan fingerprint density at radius 3 is 2.45 bits per heavy atom. The smallest absolute Gasteiger partial charge is 0.437 e. The first kappa shape index (κ1) is 14.7. The van der Waals surface area contributed by atoms with Crippen LogP contribution in [0.15, 0.2) is 22.6 Å². The van der Waals surface area contributed by atoms with Gasteiger partial charge in [0.25, 0.3) is 0 Å². The normalized spacial score (nSPS) is 11.7. The van der Waals surface area contributed by atoms with Crippen molar-refractivity contribution in [1.29, 1.82) is 0 Å². The Kier molecular flexibility index (Phi) is 3.66. The van der Waals surface area contributed by atoms with Gasteiger partial charge in [0.1, 0.15) is 0 Å². The summed E-state index contributed by atoms with van der Waals surface area (Å²) >= 11 is 11.5. The number of oxazole rings is 1. The first-order chi connectivity index (χ1) is 9.20. The molecule has 0 aliphatic rings. The summed E-state index contributed by atoms with van der Waals surface area (Å²) in [6.07, 6.45) is -4.96. The molecule has 1 aromatic heterocycles. The summed E-state index contributed by atoms with van der Waals surface area (Å²) in [6, 6.07) is 3.97. The molecular weight excluding hydrogens is 322 g/mol. The van der Waals surface area contributed by atoms with Gasteiger partial charge in [-0.15, -0.1) is 0 Å². The van der Waals surface area contributed by atoms with Gasteiger partial charge in [0.15, 0.2) is 5.69 Å². The van der Waals surface area contributed by atoms with E-state index in [1.54, 1.807) is 0 Å². The molecule has 0 atom stereocenters. The van der Waals surface area contributed by atoms with Crippen molar-refractivity contribution in [3.63, 3.8) is 0 Å². The summed E-state index contributed by atoms with van der Waals surface area (Å²) in [6.45, 7) is 0. The third-order valence-corrected chi connectivity index (χ3v) is 2.81. The van der Waals surface area contributed by atoms with E-state index in [0.29, 0.717) is 0 Å². The number of benzene rings is 1. The van der Waals surface area contributed by atoms with Crippen LogP contribution in [0.2, 0.25) is 10.0 Å². The molecule has 1 heterocycles. The highest BCUT2D eigenvalue weighted by Gasteiger charge is 2.41. The number of aromatic nitrogens is 1. The molecular formula is C11H4Cl2F3NO3. The molecule has 0 fully saturated rings. The van der Waals surface area contributed by atoms with E-state index in [2.05, 4.69) is 9.40 Å². The second-order valence-electron chi connectivity index (χ2n) is 3.62. The van der Waals surface area contributed by atoms with Crippen LogP contribution in [0.1, 0.15) is 16.2 Å². The van der Waals surface area contributed by atoms with Gasteiger partial charge in [-0.25, -0.2) is 9.78 Å². The lowest BCUT2D eigenvalue weighted by molar-refractivity contribution is -0.141. The van der Waals surface area contributed by atoms with Gasteiger partial charge in [-0.1, -0.05) is 23.2 Å². The molecule has 0 spiro atoms. The molecule has 20 heavy (non-hydrogen) atoms. The van der Waals surface area contributed by atoms with Crippen LogP contribution in [0.4, 0.5) is 13.2 Å². The van der Waals surface area contributed by atoms with E-state index in [-0.39, 0.29) is 15.6 Å². The third kappa shape index (κ3) is 2.73. The number of carbonyl (C=O) groups is 1. The zero-order valence-corrected chi connectivity index (χ0v) is 10.8. The van der Waals surface area contributed by atoms with Crippen LogP contribution in [0.25, 0.3) is 11.5 Å². The van der Waals surface area contributed by atoms with Crippen LogP contribution < -0.4 is 0 Å². The lowest BCUT2D eigenvalue weighted by atomic mass is 10.2. The summed E-state index contributed by atoms with van der Waals surface area (Å²) < 4.78 is 42.7. The number of hydrogen-bond donors (Lipinski definition) is 1. The average Bonchev–Trinajstić information content (AvgIpc) is 2.77. The summed E-state index contributed by atoms with van der Waals surface area (Å²) in [5.74, 6) is -3.75. The van der Waals surface area contributed by atoms with Gasteiger partial charge in [-0.05, 0) is 18.2 Å². The minimum absolute atomic E-state index is 0.0290. The fourth-order valence-corrected chi connectivity index (χ4v) is 1.80. The summed E-state index contributed by atoms with van der Waals surface area (Å²) in [5, 5.41) is 8.94. The Hall–Kier alpha value is -1.73. The van der Waals surface area contributed by atoms with Crippen molar-refractivity contribution < 1.29 is 27.5 Å². The second kappa shape index (κ2) is 4.99. The minimum atomic E-state index is -4.96. The number of nitrogens with zero attached hydrogens (tertiary/aromatic N) is 1. The summed E-state index contributed by atoms with van der Waals surface area (Å²) in [5.41, 5.74) is -1.66. The quantitative estimate of drug-likeness (QED) is 0.890. The first-order valence-corrected chi connectivity index (χ1v) is 5.72. The molecule has 0 amide bonds. The molecule has 0 radical (unpaired) electrons. The van der Waals surface area contributed by atoms with Crippen molar-refractivity contribution in [2.75, 3.05) is 0 Å². The Balaban J connectivity index is 2.65. The van der Waals surface area contributed by atoms with Gasteiger partial charge in [-0.2, -0.15) is 13.2 Å². The van der Waals surface area contributed by atoms with E-state index < -0.39 is 29.5 Å². The van der Waals surface area contributed by atoms with Crippen LogP contribution in [0.5, 0.6) is 0 Å². The predicted molar refractivity (Wildman–Crippen MR) is 63.9 cm³/mol.